The summed E-state index contributed by atoms with van der Waals surface area (Å²) >= 11 is 0. The van der Waals surface area contributed by atoms with Crippen LogP contribution in [-0.4, -0.2) is 56.8 Å². The summed E-state index contributed by atoms with van der Waals surface area (Å²) < 4.78 is 11.6. The van der Waals surface area contributed by atoms with Gasteiger partial charge in [-0.25, -0.2) is 4.79 Å². The summed E-state index contributed by atoms with van der Waals surface area (Å²) in [5, 5.41) is 35.7. The van der Waals surface area contributed by atoms with Crippen LogP contribution in [0.1, 0.15) is 86.5 Å². The topological polar surface area (TPSA) is 113 Å². The first kappa shape index (κ1) is 25.8. The molecule has 4 aliphatic carbocycles. The first-order valence-electron chi connectivity index (χ1n) is 14.3. The summed E-state index contributed by atoms with van der Waals surface area (Å²) in [4.78, 5) is 24.9. The zero-order valence-corrected chi connectivity index (χ0v) is 23.1. The zero-order chi connectivity index (χ0) is 27.0. The number of ether oxygens (including phenoxy) is 2. The van der Waals surface area contributed by atoms with Gasteiger partial charge in [0.15, 0.2) is 0 Å². The molecule has 1 saturated heterocycles. The maximum atomic E-state index is 12.5. The van der Waals surface area contributed by atoms with Crippen molar-refractivity contribution in [2.24, 2.45) is 45.3 Å². The Labute approximate surface area is 220 Å². The summed E-state index contributed by atoms with van der Waals surface area (Å²) in [6.07, 6.45) is 6.46. The first-order chi connectivity index (χ1) is 17.1. The number of fused-ring (bicyclic) bond motifs is 2. The standard InChI is InChI=1S/C30H44O7/c1-16-7-8-21(36-24(16)34)28(6,35)18-9-11-26(4)19-13-17(31)23-25(2,3)37-22(33)10-12-29(23)15-30(19,29)14-20(32)27(18,26)5/h10,12,16-21,23,31-32,35H,7-9,11,13-15H2,1-6H3/t16-,17+,18+,19+,20+,21-,23+,26+,27+,28-,29-,30+/m1/s1. The van der Waals surface area contributed by atoms with E-state index in [9.17, 15) is 24.9 Å². The second kappa shape index (κ2) is 7.39. The molecule has 2 aliphatic heterocycles. The second-order valence-electron chi connectivity index (χ2n) is 14.7. The Morgan fingerprint density at radius 2 is 1.78 bits per heavy atom. The summed E-state index contributed by atoms with van der Waals surface area (Å²) in [6.45, 7) is 11.8. The molecule has 0 bridgehead atoms. The number of allylic oxidation sites excluding steroid dienone is 1. The third-order valence-electron chi connectivity index (χ3n) is 12.9. The fourth-order valence-corrected chi connectivity index (χ4v) is 11.1. The van der Waals surface area contributed by atoms with E-state index in [1.807, 2.05) is 26.8 Å². The quantitative estimate of drug-likeness (QED) is 0.481. The van der Waals surface area contributed by atoms with E-state index < -0.39 is 40.3 Å². The minimum absolute atomic E-state index is 0.128. The van der Waals surface area contributed by atoms with E-state index >= 15 is 0 Å². The molecule has 7 nitrogen and oxygen atoms in total. The second-order valence-corrected chi connectivity index (χ2v) is 14.7. The van der Waals surface area contributed by atoms with E-state index in [4.69, 9.17) is 9.47 Å². The largest absolute Gasteiger partial charge is 0.459 e. The minimum atomic E-state index is -1.27. The molecule has 4 saturated carbocycles. The van der Waals surface area contributed by atoms with Gasteiger partial charge in [-0.05, 0) is 88.4 Å². The lowest BCUT2D eigenvalue weighted by atomic mass is 9.42. The molecule has 6 aliphatic rings. The third kappa shape index (κ3) is 2.94. The fraction of sp³-hybridized carbons (Fsp3) is 0.867. The Hall–Kier alpha value is -1.44. The van der Waals surface area contributed by atoms with Crippen molar-refractivity contribution in [3.05, 3.63) is 12.2 Å². The molecule has 0 aromatic rings. The third-order valence-corrected chi connectivity index (χ3v) is 12.9. The van der Waals surface area contributed by atoms with Gasteiger partial charge in [-0.1, -0.05) is 26.8 Å². The number of aliphatic hydroxyl groups excluding tert-OH is 2. The highest BCUT2D eigenvalue weighted by Gasteiger charge is 2.85. The highest BCUT2D eigenvalue weighted by atomic mass is 16.6. The lowest BCUT2D eigenvalue weighted by Crippen LogP contribution is -2.66. The predicted octanol–water partition coefficient (Wildman–Crippen LogP) is 3.53. The summed E-state index contributed by atoms with van der Waals surface area (Å²) in [5.41, 5.74) is -3.66. The smallest absolute Gasteiger partial charge is 0.330 e. The van der Waals surface area contributed by atoms with Crippen molar-refractivity contribution in [3.8, 4) is 0 Å². The molecule has 0 amide bonds. The van der Waals surface area contributed by atoms with Crippen LogP contribution in [0, 0.1) is 45.3 Å². The summed E-state index contributed by atoms with van der Waals surface area (Å²) in [5.74, 6) is -1.15. The van der Waals surface area contributed by atoms with Crippen LogP contribution < -0.4 is 0 Å². The van der Waals surface area contributed by atoms with Crippen LogP contribution in [0.5, 0.6) is 0 Å². The van der Waals surface area contributed by atoms with Gasteiger partial charge >= 0.3 is 11.9 Å². The van der Waals surface area contributed by atoms with Gasteiger partial charge in [0.25, 0.3) is 0 Å². The number of carbonyl (C=O) groups is 2. The normalized spacial score (nSPS) is 55.4. The number of carbonyl (C=O) groups excluding carboxylic acids is 2. The van der Waals surface area contributed by atoms with Crippen LogP contribution in [0.15, 0.2) is 12.2 Å². The number of aliphatic hydroxyl groups is 3. The molecule has 12 atom stereocenters. The van der Waals surface area contributed by atoms with Gasteiger partial charge in [-0.3, -0.25) is 4.79 Å². The number of cyclic esters (lactones) is 2. The number of rotatable bonds is 2. The van der Waals surface area contributed by atoms with E-state index in [0.29, 0.717) is 25.7 Å². The molecule has 2 heterocycles. The lowest BCUT2D eigenvalue weighted by Gasteiger charge is -2.64. The SMILES string of the molecule is C[C@@H]1CC[C@H]([C@](C)(O)[C@H]2CC[C@@]3(C)[C@@H]4C[C@H](O)[C@H]5C(C)(C)OC(=O)C=C[C@@]56C[C@@]46C[C@H](O)[C@]23C)OC1=O. The summed E-state index contributed by atoms with van der Waals surface area (Å²) in [6, 6.07) is 0. The Balaban J connectivity index is 1.39. The first-order valence-corrected chi connectivity index (χ1v) is 14.3. The molecule has 5 fully saturated rings. The van der Waals surface area contributed by atoms with Crippen LogP contribution in [0.4, 0.5) is 0 Å². The molecule has 0 unspecified atom stereocenters. The molecule has 2 spiro atoms. The van der Waals surface area contributed by atoms with Gasteiger partial charge in [0.05, 0.1) is 18.1 Å². The van der Waals surface area contributed by atoms with Gasteiger partial charge in [-0.15, -0.1) is 0 Å². The van der Waals surface area contributed by atoms with Crippen LogP contribution in [0.25, 0.3) is 0 Å². The van der Waals surface area contributed by atoms with Gasteiger partial charge in [0.1, 0.15) is 17.3 Å². The maximum absolute atomic E-state index is 12.5. The molecule has 206 valence electrons. The average molecular weight is 517 g/mol. The van der Waals surface area contributed by atoms with Crippen LogP contribution in [0.2, 0.25) is 0 Å². The van der Waals surface area contributed by atoms with Crippen molar-refractivity contribution >= 4 is 11.9 Å². The highest BCUT2D eigenvalue weighted by Crippen LogP contribution is 2.87. The molecule has 0 aromatic carbocycles. The number of hydrogen-bond acceptors (Lipinski definition) is 7. The van der Waals surface area contributed by atoms with E-state index in [1.54, 1.807) is 6.92 Å². The molecule has 6 rings (SSSR count). The Bertz CT molecular complexity index is 1060. The van der Waals surface area contributed by atoms with E-state index in [-0.39, 0.29) is 46.4 Å². The highest BCUT2D eigenvalue weighted by molar-refractivity contribution is 5.83. The molecule has 3 N–H and O–H groups in total. The van der Waals surface area contributed by atoms with Crippen molar-refractivity contribution in [3.63, 3.8) is 0 Å². The van der Waals surface area contributed by atoms with Gasteiger partial charge < -0.3 is 24.8 Å². The van der Waals surface area contributed by atoms with E-state index in [2.05, 4.69) is 13.8 Å². The zero-order valence-electron chi connectivity index (χ0n) is 23.1. The van der Waals surface area contributed by atoms with Crippen LogP contribution in [-0.2, 0) is 19.1 Å². The Morgan fingerprint density at radius 1 is 1.08 bits per heavy atom. The monoisotopic (exact) mass is 516 g/mol. The fourth-order valence-electron chi connectivity index (χ4n) is 11.1. The number of hydrogen-bond donors (Lipinski definition) is 3. The van der Waals surface area contributed by atoms with E-state index in [1.165, 1.54) is 6.08 Å². The van der Waals surface area contributed by atoms with Crippen LogP contribution in [0.3, 0.4) is 0 Å². The van der Waals surface area contributed by atoms with Gasteiger partial charge in [-0.2, -0.15) is 0 Å². The van der Waals surface area contributed by atoms with Gasteiger partial charge in [0, 0.05) is 22.8 Å². The summed E-state index contributed by atoms with van der Waals surface area (Å²) in [7, 11) is 0. The van der Waals surface area contributed by atoms with Crippen molar-refractivity contribution in [1.82, 2.24) is 0 Å². The van der Waals surface area contributed by atoms with Crippen molar-refractivity contribution in [2.45, 2.75) is 116 Å². The Kier molecular flexibility index (Phi) is 5.16. The average Bonchev–Trinajstić information content (AvgIpc) is 3.36. The van der Waals surface area contributed by atoms with Crippen molar-refractivity contribution < 1.29 is 34.4 Å². The van der Waals surface area contributed by atoms with Crippen LogP contribution >= 0.6 is 0 Å². The predicted molar refractivity (Wildman–Crippen MR) is 135 cm³/mol. The molecule has 7 heteroatoms. The molecule has 37 heavy (non-hydrogen) atoms. The Morgan fingerprint density at radius 3 is 2.46 bits per heavy atom. The van der Waals surface area contributed by atoms with Gasteiger partial charge in [0.2, 0.25) is 0 Å². The molecular formula is C30H44O7. The van der Waals surface area contributed by atoms with Crippen molar-refractivity contribution in [1.29, 1.82) is 0 Å². The molecular weight excluding hydrogens is 472 g/mol. The lowest BCUT2D eigenvalue weighted by molar-refractivity contribution is -0.239. The van der Waals surface area contributed by atoms with E-state index in [0.717, 1.165) is 19.3 Å². The van der Waals surface area contributed by atoms with Crippen molar-refractivity contribution in [2.75, 3.05) is 0 Å². The number of esters is 2. The molecule has 0 aromatic heterocycles. The maximum Gasteiger partial charge on any atom is 0.330 e. The molecule has 0 radical (unpaired) electrons. The minimum Gasteiger partial charge on any atom is -0.459 e.